The number of hydrogen-bond acceptors (Lipinski definition) is 6. The molecule has 1 aromatic rings. The maximum Gasteiger partial charge on any atom is 0.410 e. The highest BCUT2D eigenvalue weighted by atomic mass is 16.6. The second kappa shape index (κ2) is 6.90. The molecule has 1 amide bonds. The Kier molecular flexibility index (Phi) is 4.84. The Hall–Kier alpha value is -2.30. The normalized spacial score (nSPS) is 22.8. The van der Waals surface area contributed by atoms with Gasteiger partial charge in [-0.3, -0.25) is 4.90 Å². The van der Waals surface area contributed by atoms with Gasteiger partial charge in [0.05, 0.1) is 12.1 Å². The summed E-state index contributed by atoms with van der Waals surface area (Å²) in [5.41, 5.74) is -0.477. The van der Waals surface area contributed by atoms with Crippen molar-refractivity contribution in [3.63, 3.8) is 0 Å². The van der Waals surface area contributed by atoms with Crippen LogP contribution >= 0.6 is 0 Å². The number of carbonyl (C=O) groups is 1. The average molecular weight is 346 g/mol. The molecule has 2 bridgehead atoms. The van der Waals surface area contributed by atoms with E-state index in [9.17, 15) is 4.79 Å². The van der Waals surface area contributed by atoms with Gasteiger partial charge in [-0.25, -0.2) is 9.48 Å². The lowest BCUT2D eigenvalue weighted by molar-refractivity contribution is 0.0122. The maximum absolute atomic E-state index is 12.5. The monoisotopic (exact) mass is 346 g/mol. The number of aryl methyl sites for hydroxylation is 1. The quantitative estimate of drug-likeness (QED) is 0.610. The zero-order chi connectivity index (χ0) is 18.0. The van der Waals surface area contributed by atoms with Crippen LogP contribution in [0.15, 0.2) is 0 Å². The van der Waals surface area contributed by atoms with Crippen LogP contribution in [0.25, 0.3) is 0 Å². The third-order valence-corrected chi connectivity index (χ3v) is 4.57. The molecule has 2 aliphatic rings. The number of nitrogens with zero attached hydrogens (tertiary/aromatic N) is 6. The molecular formula is C17H26N6O2. The van der Waals surface area contributed by atoms with Gasteiger partial charge in [-0.2, -0.15) is 0 Å². The Labute approximate surface area is 148 Å². The summed E-state index contributed by atoms with van der Waals surface area (Å²) in [7, 11) is 0. The molecule has 0 radical (unpaired) electrons. The van der Waals surface area contributed by atoms with Gasteiger partial charge in [-0.15, -0.1) is 12.3 Å². The molecule has 0 saturated carbocycles. The predicted octanol–water partition coefficient (Wildman–Crippen LogP) is 1.67. The Morgan fingerprint density at radius 1 is 1.32 bits per heavy atom. The molecule has 2 aliphatic heterocycles. The number of carbonyl (C=O) groups excluding carboxylic acids is 1. The minimum absolute atomic E-state index is 0.143. The van der Waals surface area contributed by atoms with Gasteiger partial charge in [0.2, 0.25) is 5.95 Å². The minimum Gasteiger partial charge on any atom is -0.444 e. The summed E-state index contributed by atoms with van der Waals surface area (Å²) in [5.74, 6) is 3.40. The van der Waals surface area contributed by atoms with Crippen LogP contribution in [0.3, 0.4) is 0 Å². The summed E-state index contributed by atoms with van der Waals surface area (Å²) in [6.07, 6.45) is 8.62. The van der Waals surface area contributed by atoms with Crippen LogP contribution in [0, 0.1) is 12.3 Å². The molecule has 1 aromatic heterocycles. The van der Waals surface area contributed by atoms with Crippen molar-refractivity contribution in [2.75, 3.05) is 18.0 Å². The Morgan fingerprint density at radius 3 is 2.60 bits per heavy atom. The number of rotatable bonds is 4. The molecule has 0 aliphatic carbocycles. The predicted molar refractivity (Wildman–Crippen MR) is 93.0 cm³/mol. The second-order valence-electron chi connectivity index (χ2n) is 7.69. The number of amides is 1. The van der Waals surface area contributed by atoms with E-state index in [0.29, 0.717) is 13.0 Å². The van der Waals surface area contributed by atoms with E-state index in [2.05, 4.69) is 26.3 Å². The molecule has 0 spiro atoms. The van der Waals surface area contributed by atoms with Gasteiger partial charge in [0.15, 0.2) is 0 Å². The minimum atomic E-state index is -0.477. The molecule has 2 unspecified atom stereocenters. The van der Waals surface area contributed by atoms with Gasteiger partial charge >= 0.3 is 6.09 Å². The average Bonchev–Trinajstić information content (AvgIpc) is 3.08. The van der Waals surface area contributed by atoms with Crippen LogP contribution in [0.2, 0.25) is 0 Å². The third-order valence-electron chi connectivity index (χ3n) is 4.57. The highest BCUT2D eigenvalue weighted by Crippen LogP contribution is 2.33. The molecule has 2 atom stereocenters. The van der Waals surface area contributed by atoms with Crippen molar-refractivity contribution in [3.8, 4) is 12.3 Å². The first kappa shape index (κ1) is 17.5. The molecule has 0 N–H and O–H groups in total. The maximum atomic E-state index is 12.5. The van der Waals surface area contributed by atoms with Gasteiger partial charge in [-0.05, 0) is 50.5 Å². The summed E-state index contributed by atoms with van der Waals surface area (Å²) in [4.78, 5) is 16.6. The Morgan fingerprint density at radius 2 is 2.00 bits per heavy atom. The molecule has 3 rings (SSSR count). The van der Waals surface area contributed by atoms with Crippen LogP contribution in [-0.2, 0) is 11.3 Å². The summed E-state index contributed by atoms with van der Waals surface area (Å²) < 4.78 is 7.38. The fraction of sp³-hybridized carbons (Fsp3) is 0.765. The van der Waals surface area contributed by atoms with Crippen LogP contribution in [0.4, 0.5) is 10.7 Å². The molecule has 2 saturated heterocycles. The molecule has 136 valence electrons. The Balaban J connectivity index is 1.67. The fourth-order valence-corrected chi connectivity index (χ4v) is 3.58. The van der Waals surface area contributed by atoms with Crippen molar-refractivity contribution < 1.29 is 9.53 Å². The summed E-state index contributed by atoms with van der Waals surface area (Å²) >= 11 is 0. The number of ether oxygens (including phenoxy) is 1. The number of tetrazole rings is 1. The smallest absolute Gasteiger partial charge is 0.410 e. The van der Waals surface area contributed by atoms with Crippen LogP contribution < -0.4 is 4.90 Å². The molecule has 0 aromatic carbocycles. The largest absolute Gasteiger partial charge is 0.444 e. The summed E-state index contributed by atoms with van der Waals surface area (Å²) in [6, 6.07) is 0.286. The first-order valence-corrected chi connectivity index (χ1v) is 8.85. The van der Waals surface area contributed by atoms with Crippen molar-refractivity contribution in [3.05, 3.63) is 0 Å². The lowest BCUT2D eigenvalue weighted by Gasteiger charge is -2.41. The van der Waals surface area contributed by atoms with E-state index in [4.69, 9.17) is 11.2 Å². The van der Waals surface area contributed by atoms with E-state index in [1.165, 1.54) is 0 Å². The SMILES string of the molecule is C#CCCCn1nnnc1N1CC2CCC(C1)N2C(=O)OC(C)(C)C. The first-order chi connectivity index (χ1) is 11.9. The number of terminal acetylenes is 1. The zero-order valence-corrected chi connectivity index (χ0v) is 15.2. The first-order valence-electron chi connectivity index (χ1n) is 8.85. The van der Waals surface area contributed by atoms with Crippen molar-refractivity contribution in [2.24, 2.45) is 0 Å². The van der Waals surface area contributed by atoms with E-state index in [-0.39, 0.29) is 18.2 Å². The van der Waals surface area contributed by atoms with Gasteiger partial charge in [-0.1, -0.05) is 5.10 Å². The fourth-order valence-electron chi connectivity index (χ4n) is 3.58. The lowest BCUT2D eigenvalue weighted by Crippen LogP contribution is -2.57. The Bertz CT molecular complexity index is 645. The standard InChI is InChI=1S/C17H26N6O2/c1-5-6-7-10-22-15(18-19-20-22)21-11-13-8-9-14(12-21)23(13)16(24)25-17(2,3)4/h1,13-14H,6-12H2,2-4H3. The number of hydrogen-bond donors (Lipinski definition) is 0. The number of unbranched alkanes of at least 4 members (excludes halogenated alkanes) is 1. The van der Waals surface area contributed by atoms with Gasteiger partial charge < -0.3 is 9.64 Å². The van der Waals surface area contributed by atoms with E-state index in [0.717, 1.165) is 38.3 Å². The molecule has 8 nitrogen and oxygen atoms in total. The summed E-state index contributed by atoms with van der Waals surface area (Å²) in [5, 5.41) is 12.1. The molecule has 2 fully saturated rings. The second-order valence-corrected chi connectivity index (χ2v) is 7.69. The topological polar surface area (TPSA) is 76.4 Å². The number of fused-ring (bicyclic) bond motifs is 2. The summed E-state index contributed by atoms with van der Waals surface area (Å²) in [6.45, 7) is 7.85. The van der Waals surface area contributed by atoms with Crippen molar-refractivity contribution >= 4 is 12.0 Å². The van der Waals surface area contributed by atoms with Crippen molar-refractivity contribution in [1.82, 2.24) is 25.1 Å². The number of piperazine rings is 1. The van der Waals surface area contributed by atoms with E-state index >= 15 is 0 Å². The molecular weight excluding hydrogens is 320 g/mol. The van der Waals surface area contributed by atoms with Crippen LogP contribution in [0.1, 0.15) is 46.5 Å². The van der Waals surface area contributed by atoms with E-state index in [1.807, 2.05) is 25.7 Å². The van der Waals surface area contributed by atoms with Crippen molar-refractivity contribution in [2.45, 2.75) is 70.7 Å². The number of anilines is 1. The molecule has 25 heavy (non-hydrogen) atoms. The molecule has 3 heterocycles. The van der Waals surface area contributed by atoms with Crippen LogP contribution in [-0.4, -0.2) is 62.0 Å². The third kappa shape index (κ3) is 3.86. The van der Waals surface area contributed by atoms with E-state index < -0.39 is 5.60 Å². The number of aromatic nitrogens is 4. The highest BCUT2D eigenvalue weighted by Gasteiger charge is 2.45. The van der Waals surface area contributed by atoms with Gasteiger partial charge in [0, 0.05) is 26.1 Å². The highest BCUT2D eigenvalue weighted by molar-refractivity contribution is 5.70. The zero-order valence-electron chi connectivity index (χ0n) is 15.2. The van der Waals surface area contributed by atoms with Crippen molar-refractivity contribution in [1.29, 1.82) is 0 Å². The van der Waals surface area contributed by atoms with Crippen LogP contribution in [0.5, 0.6) is 0 Å². The van der Waals surface area contributed by atoms with E-state index in [1.54, 1.807) is 4.68 Å². The van der Waals surface area contributed by atoms with Gasteiger partial charge in [0.25, 0.3) is 0 Å². The lowest BCUT2D eigenvalue weighted by atomic mass is 10.2. The molecule has 8 heteroatoms. The van der Waals surface area contributed by atoms with Gasteiger partial charge in [0.1, 0.15) is 5.60 Å².